The fraction of sp³-hybridized carbons (Fsp3) is 0.400. The summed E-state index contributed by atoms with van der Waals surface area (Å²) in [4.78, 5) is 0. The maximum Gasteiger partial charge on any atom is 0.422 e. The number of ether oxygens (including phenoxy) is 1. The lowest BCUT2D eigenvalue weighted by Gasteiger charge is -2.13. The fourth-order valence-electron chi connectivity index (χ4n) is 1.26. The summed E-state index contributed by atoms with van der Waals surface area (Å²) in [6.45, 7) is 0.551. The number of rotatable bonds is 3. The second-order valence-electron chi connectivity index (χ2n) is 3.24. The van der Waals surface area contributed by atoms with Gasteiger partial charge in [-0.25, -0.2) is 17.6 Å². The standard InChI is InChI=1S/C10H7F7O/c1-2-18-3-4-6(11)8(13)5(10(15,16)17)9(14)7(4)12/h2-3H2,1H3. The van der Waals surface area contributed by atoms with Crippen LogP contribution in [-0.2, 0) is 17.5 Å². The molecule has 0 aliphatic heterocycles. The van der Waals surface area contributed by atoms with Gasteiger partial charge in [0.25, 0.3) is 0 Å². The first-order chi connectivity index (χ1) is 8.21. The minimum Gasteiger partial charge on any atom is -0.377 e. The van der Waals surface area contributed by atoms with Crippen molar-refractivity contribution in [1.82, 2.24) is 0 Å². The van der Waals surface area contributed by atoms with Crippen molar-refractivity contribution in [3.63, 3.8) is 0 Å². The third kappa shape index (κ3) is 2.58. The van der Waals surface area contributed by atoms with Gasteiger partial charge in [-0.1, -0.05) is 0 Å². The molecule has 0 aliphatic rings. The van der Waals surface area contributed by atoms with E-state index >= 15 is 0 Å². The van der Waals surface area contributed by atoms with Crippen molar-refractivity contribution < 1.29 is 35.5 Å². The highest BCUT2D eigenvalue weighted by atomic mass is 19.4. The van der Waals surface area contributed by atoms with Crippen molar-refractivity contribution in [2.75, 3.05) is 6.61 Å². The molecule has 0 amide bonds. The Labute approximate surface area is 97.2 Å². The Hall–Kier alpha value is -1.31. The van der Waals surface area contributed by atoms with Gasteiger partial charge in [-0.3, -0.25) is 0 Å². The average Bonchev–Trinajstić information content (AvgIpc) is 2.25. The first kappa shape index (κ1) is 14.7. The SMILES string of the molecule is CCOCc1c(F)c(F)c(C(F)(F)F)c(F)c1F. The summed E-state index contributed by atoms with van der Waals surface area (Å²) in [6.07, 6.45) is -5.53. The summed E-state index contributed by atoms with van der Waals surface area (Å²) >= 11 is 0. The van der Waals surface area contributed by atoms with Crippen molar-refractivity contribution in [1.29, 1.82) is 0 Å². The van der Waals surface area contributed by atoms with Gasteiger partial charge in [-0.05, 0) is 6.92 Å². The molecular weight excluding hydrogens is 269 g/mol. The van der Waals surface area contributed by atoms with Crippen LogP contribution in [-0.4, -0.2) is 6.61 Å². The van der Waals surface area contributed by atoms with Crippen molar-refractivity contribution >= 4 is 0 Å². The molecule has 8 heteroatoms. The van der Waals surface area contributed by atoms with E-state index in [0.717, 1.165) is 0 Å². The predicted molar refractivity (Wildman–Crippen MR) is 46.6 cm³/mol. The van der Waals surface area contributed by atoms with Crippen LogP contribution >= 0.6 is 0 Å². The molecule has 1 rings (SSSR count). The van der Waals surface area contributed by atoms with Crippen LogP contribution in [0.25, 0.3) is 0 Å². The minimum atomic E-state index is -5.53. The third-order valence-electron chi connectivity index (χ3n) is 2.09. The molecule has 0 saturated heterocycles. The second-order valence-corrected chi connectivity index (χ2v) is 3.24. The Morgan fingerprint density at radius 2 is 1.33 bits per heavy atom. The summed E-state index contributed by atoms with van der Waals surface area (Å²) in [5.74, 6) is -9.16. The van der Waals surface area contributed by atoms with E-state index in [1.165, 1.54) is 6.92 Å². The Balaban J connectivity index is 3.46. The molecule has 0 heterocycles. The molecule has 0 spiro atoms. The van der Waals surface area contributed by atoms with E-state index in [2.05, 4.69) is 4.74 Å². The smallest absolute Gasteiger partial charge is 0.377 e. The van der Waals surface area contributed by atoms with Gasteiger partial charge in [0, 0.05) is 6.61 Å². The second kappa shape index (κ2) is 5.13. The van der Waals surface area contributed by atoms with Gasteiger partial charge in [0.05, 0.1) is 12.2 Å². The van der Waals surface area contributed by atoms with Gasteiger partial charge in [-0.15, -0.1) is 0 Å². The van der Waals surface area contributed by atoms with Gasteiger partial charge in [0.15, 0.2) is 23.3 Å². The maximum absolute atomic E-state index is 13.2. The molecule has 0 bridgehead atoms. The molecule has 0 aliphatic carbocycles. The Morgan fingerprint density at radius 1 is 0.889 bits per heavy atom. The lowest BCUT2D eigenvalue weighted by Crippen LogP contribution is -2.17. The van der Waals surface area contributed by atoms with Crippen molar-refractivity contribution in [2.45, 2.75) is 19.7 Å². The largest absolute Gasteiger partial charge is 0.422 e. The van der Waals surface area contributed by atoms with E-state index < -0.39 is 47.2 Å². The third-order valence-corrected chi connectivity index (χ3v) is 2.09. The summed E-state index contributed by atoms with van der Waals surface area (Å²) in [5, 5.41) is 0. The highest BCUT2D eigenvalue weighted by molar-refractivity contribution is 5.31. The number of alkyl halides is 3. The van der Waals surface area contributed by atoms with E-state index in [0.29, 0.717) is 0 Å². The Kier molecular flexibility index (Phi) is 4.20. The van der Waals surface area contributed by atoms with E-state index in [1.54, 1.807) is 0 Å². The minimum absolute atomic E-state index is 0.0247. The molecule has 0 atom stereocenters. The van der Waals surface area contributed by atoms with Crippen LogP contribution in [0, 0.1) is 23.3 Å². The fourth-order valence-corrected chi connectivity index (χ4v) is 1.26. The first-order valence-corrected chi connectivity index (χ1v) is 4.71. The van der Waals surface area contributed by atoms with Gasteiger partial charge >= 0.3 is 6.18 Å². The molecular formula is C10H7F7O. The molecule has 1 aromatic carbocycles. The van der Waals surface area contributed by atoms with Crippen LogP contribution in [0.2, 0.25) is 0 Å². The van der Waals surface area contributed by atoms with Crippen LogP contribution in [0.5, 0.6) is 0 Å². The average molecular weight is 276 g/mol. The Bertz CT molecular complexity index is 424. The van der Waals surface area contributed by atoms with E-state index in [4.69, 9.17) is 0 Å². The lowest BCUT2D eigenvalue weighted by molar-refractivity contribution is -0.143. The Morgan fingerprint density at radius 3 is 1.67 bits per heavy atom. The molecule has 0 N–H and O–H groups in total. The van der Waals surface area contributed by atoms with Crippen LogP contribution in [0.4, 0.5) is 30.7 Å². The zero-order chi connectivity index (χ0) is 14.1. The number of hydrogen-bond donors (Lipinski definition) is 0. The van der Waals surface area contributed by atoms with E-state index in [9.17, 15) is 30.7 Å². The highest BCUT2D eigenvalue weighted by Crippen LogP contribution is 2.36. The zero-order valence-corrected chi connectivity index (χ0v) is 8.97. The van der Waals surface area contributed by atoms with Gasteiger partial charge in [0.1, 0.15) is 5.56 Å². The van der Waals surface area contributed by atoms with Crippen LogP contribution in [0.1, 0.15) is 18.1 Å². The summed E-state index contributed by atoms with van der Waals surface area (Å²) in [7, 11) is 0. The van der Waals surface area contributed by atoms with E-state index in [-0.39, 0.29) is 6.61 Å². The quantitative estimate of drug-likeness (QED) is 0.602. The van der Waals surface area contributed by atoms with E-state index in [1.807, 2.05) is 0 Å². The summed E-state index contributed by atoms with van der Waals surface area (Å²) < 4.78 is 93.7. The molecule has 0 unspecified atom stereocenters. The summed E-state index contributed by atoms with van der Waals surface area (Å²) in [6, 6.07) is 0. The first-order valence-electron chi connectivity index (χ1n) is 4.71. The zero-order valence-electron chi connectivity index (χ0n) is 8.97. The van der Waals surface area contributed by atoms with Crippen molar-refractivity contribution in [3.05, 3.63) is 34.4 Å². The molecule has 0 radical (unpaired) electrons. The van der Waals surface area contributed by atoms with Gasteiger partial charge < -0.3 is 4.74 Å². The molecule has 102 valence electrons. The van der Waals surface area contributed by atoms with Crippen LogP contribution in [0.3, 0.4) is 0 Å². The lowest BCUT2D eigenvalue weighted by atomic mass is 10.1. The monoisotopic (exact) mass is 276 g/mol. The topological polar surface area (TPSA) is 9.23 Å². The molecule has 0 aromatic heterocycles. The predicted octanol–water partition coefficient (Wildman–Crippen LogP) is 3.80. The van der Waals surface area contributed by atoms with Crippen LogP contribution in [0.15, 0.2) is 0 Å². The summed E-state index contributed by atoms with van der Waals surface area (Å²) in [5.41, 5.74) is -3.79. The number of benzene rings is 1. The molecule has 0 saturated carbocycles. The normalized spacial score (nSPS) is 12.0. The number of hydrogen-bond acceptors (Lipinski definition) is 1. The maximum atomic E-state index is 13.2. The molecule has 1 nitrogen and oxygen atoms in total. The van der Waals surface area contributed by atoms with Crippen LogP contribution < -0.4 is 0 Å². The number of halogens is 7. The van der Waals surface area contributed by atoms with Crippen molar-refractivity contribution in [3.8, 4) is 0 Å². The van der Waals surface area contributed by atoms with Gasteiger partial charge in [0.2, 0.25) is 0 Å². The molecule has 18 heavy (non-hydrogen) atoms. The molecule has 1 aromatic rings. The highest BCUT2D eigenvalue weighted by Gasteiger charge is 2.42. The van der Waals surface area contributed by atoms with Crippen molar-refractivity contribution in [2.24, 2.45) is 0 Å². The molecule has 0 fully saturated rings. The van der Waals surface area contributed by atoms with Gasteiger partial charge in [-0.2, -0.15) is 13.2 Å².